The van der Waals surface area contributed by atoms with Crippen molar-refractivity contribution in [2.45, 2.75) is 12.6 Å². The van der Waals surface area contributed by atoms with Crippen LogP contribution in [0.15, 0.2) is 66.7 Å². The number of anilines is 1. The summed E-state index contributed by atoms with van der Waals surface area (Å²) in [6.07, 6.45) is -3.86. The fourth-order valence-electron chi connectivity index (χ4n) is 3.84. The Morgan fingerprint density at radius 3 is 2.19 bits per heavy atom. The van der Waals surface area contributed by atoms with Crippen LogP contribution in [0.3, 0.4) is 0 Å². The second-order valence-electron chi connectivity index (χ2n) is 7.66. The quantitative estimate of drug-likeness (QED) is 0.592. The van der Waals surface area contributed by atoms with Gasteiger partial charge in [0.05, 0.1) is 11.3 Å². The lowest BCUT2D eigenvalue weighted by atomic mass is 10.1. The normalized spacial score (nSPS) is 14.8. The van der Waals surface area contributed by atoms with E-state index in [9.17, 15) is 22.8 Å². The van der Waals surface area contributed by atoms with E-state index < -0.39 is 11.7 Å². The molecule has 3 aromatic rings. The lowest BCUT2D eigenvalue weighted by Crippen LogP contribution is -2.39. The van der Waals surface area contributed by atoms with Gasteiger partial charge in [-0.25, -0.2) is 4.79 Å². The topological polar surface area (TPSA) is 52.7 Å². The molecule has 32 heavy (non-hydrogen) atoms. The molecule has 3 aromatic carbocycles. The van der Waals surface area contributed by atoms with E-state index in [-0.39, 0.29) is 17.5 Å². The van der Waals surface area contributed by atoms with E-state index in [1.807, 2.05) is 42.5 Å². The Balaban J connectivity index is 1.40. The molecule has 5 nitrogen and oxygen atoms in total. The van der Waals surface area contributed by atoms with Gasteiger partial charge in [-0.05, 0) is 42.1 Å². The van der Waals surface area contributed by atoms with Crippen LogP contribution in [0.1, 0.15) is 22.3 Å². The molecule has 3 amide bonds. The van der Waals surface area contributed by atoms with Gasteiger partial charge in [-0.15, -0.1) is 0 Å². The van der Waals surface area contributed by atoms with Crippen molar-refractivity contribution in [3.63, 3.8) is 0 Å². The number of nitrogens with one attached hydrogen (secondary N) is 1. The zero-order chi connectivity index (χ0) is 22.7. The first-order chi connectivity index (χ1) is 15.3. The van der Waals surface area contributed by atoms with Crippen molar-refractivity contribution in [1.29, 1.82) is 0 Å². The predicted octanol–water partition coefficient (Wildman–Crippen LogP) is 5.24. The first-order valence-corrected chi connectivity index (χ1v) is 10.3. The number of fused-ring (bicyclic) bond motifs is 1. The third kappa shape index (κ3) is 4.69. The molecule has 0 radical (unpaired) electrons. The average Bonchev–Trinajstić information content (AvgIpc) is 3.05. The standard InChI is InChI=1S/C24H22F3N3O2/c25-24(26,27)19-11-9-18(10-12-19)22(31)29-13-4-14-30(16-15-29)23(32)28-21-8-3-6-17-5-1-2-7-20(17)21/h1-3,5-12H,4,13-16H2,(H,28,32). The van der Waals surface area contributed by atoms with Gasteiger partial charge in [0.15, 0.2) is 0 Å². The van der Waals surface area contributed by atoms with Gasteiger partial charge in [-0.3, -0.25) is 4.79 Å². The van der Waals surface area contributed by atoms with Crippen LogP contribution >= 0.6 is 0 Å². The zero-order valence-electron chi connectivity index (χ0n) is 17.2. The molecule has 1 N–H and O–H groups in total. The maximum absolute atomic E-state index is 12.8. The first kappa shape index (κ1) is 21.7. The van der Waals surface area contributed by atoms with Gasteiger partial charge in [-0.2, -0.15) is 13.2 Å². The second-order valence-corrected chi connectivity index (χ2v) is 7.66. The Morgan fingerprint density at radius 1 is 0.781 bits per heavy atom. The van der Waals surface area contributed by atoms with E-state index >= 15 is 0 Å². The minimum absolute atomic E-state index is 0.201. The van der Waals surface area contributed by atoms with Crippen molar-refractivity contribution in [1.82, 2.24) is 9.80 Å². The molecule has 1 saturated heterocycles. The van der Waals surface area contributed by atoms with E-state index in [0.717, 1.165) is 28.6 Å². The van der Waals surface area contributed by atoms with Crippen molar-refractivity contribution >= 4 is 28.4 Å². The van der Waals surface area contributed by atoms with Crippen molar-refractivity contribution in [2.75, 3.05) is 31.5 Å². The van der Waals surface area contributed by atoms with Gasteiger partial charge in [0.25, 0.3) is 5.91 Å². The molecule has 1 aliphatic rings. The number of nitrogens with zero attached hydrogens (tertiary/aromatic N) is 2. The summed E-state index contributed by atoms with van der Waals surface area (Å²) in [4.78, 5) is 28.8. The van der Waals surface area contributed by atoms with E-state index in [1.165, 1.54) is 12.1 Å². The Morgan fingerprint density at radius 2 is 1.44 bits per heavy atom. The van der Waals surface area contributed by atoms with Crippen molar-refractivity contribution in [3.05, 3.63) is 77.9 Å². The highest BCUT2D eigenvalue weighted by atomic mass is 19.4. The Labute approximate surface area is 183 Å². The number of urea groups is 1. The van der Waals surface area contributed by atoms with Gasteiger partial charge in [-0.1, -0.05) is 36.4 Å². The smallest absolute Gasteiger partial charge is 0.337 e. The molecule has 0 aromatic heterocycles. The fourth-order valence-corrected chi connectivity index (χ4v) is 3.84. The van der Waals surface area contributed by atoms with Crippen LogP contribution in [0.2, 0.25) is 0 Å². The molecule has 0 atom stereocenters. The lowest BCUT2D eigenvalue weighted by molar-refractivity contribution is -0.137. The van der Waals surface area contributed by atoms with Crippen LogP contribution in [-0.2, 0) is 6.18 Å². The average molecular weight is 441 g/mol. The highest BCUT2D eigenvalue weighted by molar-refractivity contribution is 6.01. The highest BCUT2D eigenvalue weighted by Gasteiger charge is 2.30. The molecule has 1 fully saturated rings. The number of rotatable bonds is 2. The summed E-state index contributed by atoms with van der Waals surface area (Å²) in [6.45, 7) is 1.55. The molecule has 4 rings (SSSR count). The number of halogens is 3. The number of carbonyl (C=O) groups excluding carboxylic acids is 2. The summed E-state index contributed by atoms with van der Waals surface area (Å²) >= 11 is 0. The summed E-state index contributed by atoms with van der Waals surface area (Å²) in [5.74, 6) is -0.338. The largest absolute Gasteiger partial charge is 0.416 e. The van der Waals surface area contributed by atoms with Gasteiger partial charge in [0, 0.05) is 37.1 Å². The predicted molar refractivity (Wildman–Crippen MR) is 117 cm³/mol. The van der Waals surface area contributed by atoms with Crippen LogP contribution in [0, 0.1) is 0 Å². The van der Waals surface area contributed by atoms with Crippen LogP contribution < -0.4 is 5.32 Å². The van der Waals surface area contributed by atoms with Crippen molar-refractivity contribution in [3.8, 4) is 0 Å². The van der Waals surface area contributed by atoms with E-state index in [1.54, 1.807) is 9.80 Å². The lowest BCUT2D eigenvalue weighted by Gasteiger charge is -2.23. The van der Waals surface area contributed by atoms with E-state index in [4.69, 9.17) is 0 Å². The molecule has 8 heteroatoms. The number of benzene rings is 3. The molecule has 0 unspecified atom stereocenters. The minimum Gasteiger partial charge on any atom is -0.337 e. The molecule has 0 spiro atoms. The minimum atomic E-state index is -4.44. The second kappa shape index (κ2) is 8.90. The number of hydrogen-bond donors (Lipinski definition) is 1. The maximum atomic E-state index is 12.8. The van der Waals surface area contributed by atoms with Gasteiger partial charge < -0.3 is 15.1 Å². The molecule has 1 aliphatic heterocycles. The Kier molecular flexibility index (Phi) is 6.03. The van der Waals surface area contributed by atoms with Gasteiger partial charge >= 0.3 is 12.2 Å². The molecular weight excluding hydrogens is 419 g/mol. The SMILES string of the molecule is O=C(Nc1cccc2ccccc12)N1CCCN(C(=O)c2ccc(C(F)(F)F)cc2)CC1. The van der Waals surface area contributed by atoms with Gasteiger partial charge in [0.1, 0.15) is 0 Å². The molecule has 0 bridgehead atoms. The maximum Gasteiger partial charge on any atom is 0.416 e. The molecule has 0 saturated carbocycles. The van der Waals surface area contributed by atoms with Crippen LogP contribution in [0.5, 0.6) is 0 Å². The molecule has 0 aliphatic carbocycles. The summed E-state index contributed by atoms with van der Waals surface area (Å²) in [5.41, 5.74) is 0.128. The van der Waals surface area contributed by atoms with Crippen LogP contribution in [0.4, 0.5) is 23.7 Å². The van der Waals surface area contributed by atoms with E-state index in [2.05, 4.69) is 5.32 Å². The summed E-state index contributed by atoms with van der Waals surface area (Å²) in [6, 6.07) is 17.4. The Bertz CT molecular complexity index is 1120. The van der Waals surface area contributed by atoms with Crippen LogP contribution in [-0.4, -0.2) is 47.9 Å². The third-order valence-corrected chi connectivity index (χ3v) is 5.56. The number of carbonyl (C=O) groups is 2. The summed E-state index contributed by atoms with van der Waals surface area (Å²) in [5, 5.41) is 4.92. The monoisotopic (exact) mass is 441 g/mol. The number of alkyl halides is 3. The molecule has 166 valence electrons. The summed E-state index contributed by atoms with van der Waals surface area (Å²) < 4.78 is 38.3. The first-order valence-electron chi connectivity index (χ1n) is 10.3. The Hall–Kier alpha value is -3.55. The van der Waals surface area contributed by atoms with Crippen LogP contribution in [0.25, 0.3) is 10.8 Å². The van der Waals surface area contributed by atoms with E-state index in [0.29, 0.717) is 32.6 Å². The zero-order valence-corrected chi connectivity index (χ0v) is 17.2. The number of hydrogen-bond acceptors (Lipinski definition) is 2. The van der Waals surface area contributed by atoms with Crippen molar-refractivity contribution < 1.29 is 22.8 Å². The fraction of sp³-hybridized carbons (Fsp3) is 0.250. The summed E-state index contributed by atoms with van der Waals surface area (Å²) in [7, 11) is 0. The third-order valence-electron chi connectivity index (χ3n) is 5.56. The molecule has 1 heterocycles. The number of amides is 3. The van der Waals surface area contributed by atoms with Gasteiger partial charge in [0.2, 0.25) is 0 Å². The van der Waals surface area contributed by atoms with Crippen molar-refractivity contribution in [2.24, 2.45) is 0 Å². The highest BCUT2D eigenvalue weighted by Crippen LogP contribution is 2.29. The molecular formula is C24H22F3N3O2.